The van der Waals surface area contributed by atoms with E-state index >= 15 is 0 Å². The molecule has 0 amide bonds. The summed E-state index contributed by atoms with van der Waals surface area (Å²) in [5.74, 6) is -0.478. The lowest BCUT2D eigenvalue weighted by molar-refractivity contribution is -0.142. The van der Waals surface area contributed by atoms with Crippen LogP contribution in [0.1, 0.15) is 22.7 Å². The highest BCUT2D eigenvalue weighted by atomic mass is 32.2. The van der Waals surface area contributed by atoms with Gasteiger partial charge in [0, 0.05) is 12.8 Å². The summed E-state index contributed by atoms with van der Waals surface area (Å²) in [7, 11) is -7.44. The number of hydrogen-bond acceptors (Lipinski definition) is 6. The van der Waals surface area contributed by atoms with Crippen LogP contribution in [0.2, 0.25) is 0 Å². The Morgan fingerprint density at radius 2 is 1.62 bits per heavy atom. The van der Waals surface area contributed by atoms with Gasteiger partial charge < -0.3 is 9.84 Å². The molecule has 10 heteroatoms. The molecule has 4 rings (SSSR count). The SMILES string of the molecule is Cc1cc(Oc2ccc(S(C)(=O)=O)cc2)ccc1S(=O)(=O)N1CCc2ccccc2[C@@H]1C(=O)O. The molecule has 1 aliphatic heterocycles. The van der Waals surface area contributed by atoms with E-state index in [0.29, 0.717) is 29.0 Å². The van der Waals surface area contributed by atoms with Crippen LogP contribution >= 0.6 is 0 Å². The Morgan fingerprint density at radius 1 is 0.971 bits per heavy atom. The maximum atomic E-state index is 13.5. The Morgan fingerprint density at radius 3 is 2.24 bits per heavy atom. The largest absolute Gasteiger partial charge is 0.480 e. The van der Waals surface area contributed by atoms with E-state index in [1.54, 1.807) is 31.2 Å². The summed E-state index contributed by atoms with van der Waals surface area (Å²) in [5, 5.41) is 9.85. The fourth-order valence-corrected chi connectivity index (χ4v) is 6.45. The zero-order valence-corrected chi connectivity index (χ0v) is 20.1. The molecular formula is C24H23NO7S2. The van der Waals surface area contributed by atoms with Gasteiger partial charge >= 0.3 is 5.97 Å². The molecule has 34 heavy (non-hydrogen) atoms. The Hall–Kier alpha value is -3.21. The summed E-state index contributed by atoms with van der Waals surface area (Å²) in [6.07, 6.45) is 1.53. The Balaban J connectivity index is 1.63. The minimum atomic E-state index is -4.11. The van der Waals surface area contributed by atoms with Crippen molar-refractivity contribution in [2.75, 3.05) is 12.8 Å². The number of rotatable bonds is 6. The number of carbonyl (C=O) groups is 1. The monoisotopic (exact) mass is 501 g/mol. The number of hydrogen-bond donors (Lipinski definition) is 1. The van der Waals surface area contributed by atoms with Gasteiger partial charge in [0.2, 0.25) is 10.0 Å². The van der Waals surface area contributed by atoms with Crippen molar-refractivity contribution in [3.63, 3.8) is 0 Å². The van der Waals surface area contributed by atoms with E-state index in [-0.39, 0.29) is 16.3 Å². The van der Waals surface area contributed by atoms with Crippen molar-refractivity contribution in [2.24, 2.45) is 0 Å². The van der Waals surface area contributed by atoms with Crippen LogP contribution in [0.25, 0.3) is 0 Å². The van der Waals surface area contributed by atoms with Crippen LogP contribution in [0.4, 0.5) is 0 Å². The molecule has 0 radical (unpaired) electrons. The molecule has 1 aliphatic rings. The zero-order chi connectivity index (χ0) is 24.7. The van der Waals surface area contributed by atoms with E-state index in [0.717, 1.165) is 16.1 Å². The first-order valence-corrected chi connectivity index (χ1v) is 13.7. The summed E-state index contributed by atoms with van der Waals surface area (Å²) in [6, 6.07) is 16.0. The van der Waals surface area contributed by atoms with Gasteiger partial charge in [0.25, 0.3) is 0 Å². The van der Waals surface area contributed by atoms with Gasteiger partial charge in [-0.3, -0.25) is 4.79 Å². The van der Waals surface area contributed by atoms with Crippen molar-refractivity contribution in [3.8, 4) is 11.5 Å². The molecule has 8 nitrogen and oxygen atoms in total. The molecule has 1 atom stereocenters. The van der Waals surface area contributed by atoms with Crippen LogP contribution in [0.15, 0.2) is 76.5 Å². The first kappa shape index (κ1) is 23.9. The number of carboxylic acids is 1. The number of aryl methyl sites for hydroxylation is 1. The van der Waals surface area contributed by atoms with E-state index in [1.165, 1.54) is 36.4 Å². The minimum Gasteiger partial charge on any atom is -0.480 e. The number of benzene rings is 3. The van der Waals surface area contributed by atoms with Crippen molar-refractivity contribution in [1.82, 2.24) is 4.31 Å². The zero-order valence-electron chi connectivity index (χ0n) is 18.5. The highest BCUT2D eigenvalue weighted by Gasteiger charge is 2.41. The molecular weight excluding hydrogens is 478 g/mol. The quantitative estimate of drug-likeness (QED) is 0.549. The second-order valence-corrected chi connectivity index (χ2v) is 12.0. The number of fused-ring (bicyclic) bond motifs is 1. The van der Waals surface area contributed by atoms with Crippen molar-refractivity contribution < 1.29 is 31.5 Å². The van der Waals surface area contributed by atoms with Crippen LogP contribution in [0, 0.1) is 6.92 Å². The topological polar surface area (TPSA) is 118 Å². The summed E-state index contributed by atoms with van der Waals surface area (Å²) in [6.45, 7) is 1.67. The lowest BCUT2D eigenvalue weighted by atomic mass is 9.94. The Bertz CT molecular complexity index is 1460. The summed E-state index contributed by atoms with van der Waals surface area (Å²) in [4.78, 5) is 12.2. The first-order chi connectivity index (χ1) is 16.0. The standard InChI is InChI=1S/C24H23NO7S2/c1-16-15-19(32-18-7-10-20(11-8-18)33(2,28)29)9-12-22(16)34(30,31)25-14-13-17-5-3-4-6-21(17)23(25)24(26)27/h3-12,15,23H,13-14H2,1-2H3,(H,26,27)/t23-/m1/s1. The molecule has 0 aliphatic carbocycles. The highest BCUT2D eigenvalue weighted by molar-refractivity contribution is 7.90. The summed E-state index contributed by atoms with van der Waals surface area (Å²) in [5.41, 5.74) is 1.69. The van der Waals surface area contributed by atoms with Gasteiger partial charge in [0.15, 0.2) is 9.84 Å². The molecule has 0 aromatic heterocycles. The van der Waals surface area contributed by atoms with Gasteiger partial charge in [-0.25, -0.2) is 16.8 Å². The van der Waals surface area contributed by atoms with E-state index in [9.17, 15) is 26.7 Å². The van der Waals surface area contributed by atoms with Crippen molar-refractivity contribution in [1.29, 1.82) is 0 Å². The Kier molecular flexibility index (Phi) is 6.24. The third-order valence-electron chi connectivity index (χ3n) is 5.69. The molecule has 0 saturated heterocycles. The molecule has 1 N–H and O–H groups in total. The molecule has 0 unspecified atom stereocenters. The molecule has 3 aromatic carbocycles. The lowest BCUT2D eigenvalue weighted by Crippen LogP contribution is -2.43. The van der Waals surface area contributed by atoms with Gasteiger partial charge in [0.1, 0.15) is 17.5 Å². The van der Waals surface area contributed by atoms with Gasteiger partial charge in [0.05, 0.1) is 9.79 Å². The third-order valence-corrected chi connectivity index (χ3v) is 8.85. The minimum absolute atomic E-state index is 0.00194. The molecule has 3 aromatic rings. The van der Waals surface area contributed by atoms with Crippen molar-refractivity contribution >= 4 is 25.8 Å². The van der Waals surface area contributed by atoms with E-state index < -0.39 is 31.9 Å². The molecule has 0 fully saturated rings. The Labute approximate surface area is 198 Å². The van der Waals surface area contributed by atoms with Crippen LogP contribution in [-0.2, 0) is 31.1 Å². The van der Waals surface area contributed by atoms with Crippen LogP contribution in [-0.4, -0.2) is 45.0 Å². The van der Waals surface area contributed by atoms with Gasteiger partial charge in [-0.05, 0) is 72.5 Å². The highest BCUT2D eigenvalue weighted by Crippen LogP contribution is 2.36. The smallest absolute Gasteiger partial charge is 0.326 e. The maximum absolute atomic E-state index is 13.5. The summed E-state index contributed by atoms with van der Waals surface area (Å²) >= 11 is 0. The molecule has 0 spiro atoms. The number of sulfone groups is 1. The number of carboxylic acid groups (broad SMARTS) is 1. The number of ether oxygens (including phenoxy) is 1. The van der Waals surface area contributed by atoms with Gasteiger partial charge in [-0.2, -0.15) is 4.31 Å². The third kappa shape index (κ3) is 4.56. The fourth-order valence-electron chi connectivity index (χ4n) is 4.05. The maximum Gasteiger partial charge on any atom is 0.326 e. The average molecular weight is 502 g/mol. The number of sulfonamides is 1. The van der Waals surface area contributed by atoms with Gasteiger partial charge in [-0.15, -0.1) is 0 Å². The van der Waals surface area contributed by atoms with Crippen LogP contribution < -0.4 is 4.74 Å². The average Bonchev–Trinajstić information content (AvgIpc) is 2.77. The lowest BCUT2D eigenvalue weighted by Gasteiger charge is -2.34. The predicted molar refractivity (Wildman–Crippen MR) is 125 cm³/mol. The fraction of sp³-hybridized carbons (Fsp3) is 0.208. The first-order valence-electron chi connectivity index (χ1n) is 10.4. The number of nitrogens with zero attached hydrogens (tertiary/aromatic N) is 1. The van der Waals surface area contributed by atoms with Crippen molar-refractivity contribution in [3.05, 3.63) is 83.4 Å². The molecule has 1 heterocycles. The second-order valence-electron chi connectivity index (χ2n) is 8.08. The normalized spacial score (nSPS) is 16.6. The number of aliphatic carboxylic acids is 1. The molecule has 178 valence electrons. The van der Waals surface area contributed by atoms with Crippen molar-refractivity contribution in [2.45, 2.75) is 29.2 Å². The van der Waals surface area contributed by atoms with Gasteiger partial charge in [-0.1, -0.05) is 24.3 Å². The second kappa shape index (κ2) is 8.86. The predicted octanol–water partition coefficient (Wildman–Crippen LogP) is 3.56. The van der Waals surface area contributed by atoms with E-state index in [2.05, 4.69) is 0 Å². The van der Waals surface area contributed by atoms with E-state index in [1.807, 2.05) is 6.07 Å². The van der Waals surface area contributed by atoms with Crippen LogP contribution in [0.5, 0.6) is 11.5 Å². The molecule has 0 bridgehead atoms. The summed E-state index contributed by atoms with van der Waals surface area (Å²) < 4.78 is 57.0. The van der Waals surface area contributed by atoms with E-state index in [4.69, 9.17) is 4.74 Å². The molecule has 0 saturated carbocycles. The van der Waals surface area contributed by atoms with Crippen LogP contribution in [0.3, 0.4) is 0 Å².